The van der Waals surface area contributed by atoms with Crippen LogP contribution in [0.4, 0.5) is 5.95 Å². The van der Waals surface area contributed by atoms with Crippen LogP contribution in [0, 0.1) is 13.8 Å². The molecule has 0 aliphatic rings. The smallest absolute Gasteiger partial charge is 0.356 e. The van der Waals surface area contributed by atoms with Crippen molar-refractivity contribution in [1.82, 2.24) is 14.5 Å². The second kappa shape index (κ2) is 3.77. The summed E-state index contributed by atoms with van der Waals surface area (Å²) in [5, 5.41) is 0. The third-order valence-corrected chi connectivity index (χ3v) is 2.40. The molecule has 0 saturated heterocycles. The second-order valence-corrected chi connectivity index (χ2v) is 3.61. The number of benzene rings is 1. The normalized spacial score (nSPS) is 10.4. The van der Waals surface area contributed by atoms with E-state index in [1.54, 1.807) is 0 Å². The Morgan fingerprint density at radius 3 is 2.44 bits per heavy atom. The topological polar surface area (TPSA) is 73.8 Å². The quantitative estimate of drug-likeness (QED) is 0.766. The average molecular weight is 216 g/mol. The van der Waals surface area contributed by atoms with E-state index >= 15 is 0 Å². The van der Waals surface area contributed by atoms with Crippen LogP contribution >= 0.6 is 0 Å². The van der Waals surface area contributed by atoms with Gasteiger partial charge in [0.1, 0.15) is 6.33 Å². The Morgan fingerprint density at radius 2 is 1.88 bits per heavy atom. The Bertz CT molecular complexity index is 569. The van der Waals surface area contributed by atoms with Gasteiger partial charge in [-0.15, -0.1) is 0 Å². The zero-order valence-corrected chi connectivity index (χ0v) is 9.14. The van der Waals surface area contributed by atoms with Gasteiger partial charge in [0, 0.05) is 0 Å². The van der Waals surface area contributed by atoms with Crippen molar-refractivity contribution in [2.45, 2.75) is 13.8 Å². The van der Waals surface area contributed by atoms with E-state index in [-0.39, 0.29) is 5.95 Å². The van der Waals surface area contributed by atoms with Crippen molar-refractivity contribution in [2.75, 3.05) is 5.73 Å². The second-order valence-electron chi connectivity index (χ2n) is 3.61. The summed E-state index contributed by atoms with van der Waals surface area (Å²) in [5.41, 5.74) is 7.74. The lowest BCUT2D eigenvalue weighted by Gasteiger charge is -2.10. The first-order valence-electron chi connectivity index (χ1n) is 4.87. The van der Waals surface area contributed by atoms with Gasteiger partial charge < -0.3 is 5.73 Å². The third kappa shape index (κ3) is 1.67. The zero-order chi connectivity index (χ0) is 11.7. The van der Waals surface area contributed by atoms with Gasteiger partial charge in [0.2, 0.25) is 5.95 Å². The Hall–Kier alpha value is -2.17. The van der Waals surface area contributed by atoms with Crippen molar-refractivity contribution in [2.24, 2.45) is 0 Å². The molecule has 5 nitrogen and oxygen atoms in total. The molecule has 82 valence electrons. The Kier molecular flexibility index (Phi) is 2.44. The Balaban J connectivity index is 2.73. The number of rotatable bonds is 1. The van der Waals surface area contributed by atoms with E-state index in [2.05, 4.69) is 9.97 Å². The van der Waals surface area contributed by atoms with Gasteiger partial charge in [-0.2, -0.15) is 4.98 Å². The van der Waals surface area contributed by atoms with Gasteiger partial charge >= 0.3 is 5.69 Å². The number of nitrogens with zero attached hydrogens (tertiary/aromatic N) is 3. The van der Waals surface area contributed by atoms with Crippen LogP contribution < -0.4 is 11.4 Å². The molecule has 0 aliphatic carbocycles. The molecule has 0 spiro atoms. The molecule has 2 N–H and O–H groups in total. The molecule has 0 aliphatic heterocycles. The molecule has 0 unspecified atom stereocenters. The van der Waals surface area contributed by atoms with E-state index in [1.165, 1.54) is 10.9 Å². The molecular weight excluding hydrogens is 204 g/mol. The fourth-order valence-corrected chi connectivity index (χ4v) is 1.69. The predicted molar refractivity (Wildman–Crippen MR) is 61.5 cm³/mol. The molecule has 0 radical (unpaired) electrons. The molecule has 0 bridgehead atoms. The van der Waals surface area contributed by atoms with Crippen molar-refractivity contribution in [3.8, 4) is 5.69 Å². The molecule has 0 fully saturated rings. The predicted octanol–water partition coefficient (Wildman–Crippen LogP) is 0.827. The Morgan fingerprint density at radius 1 is 1.25 bits per heavy atom. The lowest BCUT2D eigenvalue weighted by atomic mass is 10.1. The molecule has 5 heteroatoms. The first kappa shape index (κ1) is 10.4. The first-order valence-corrected chi connectivity index (χ1v) is 4.87. The summed E-state index contributed by atoms with van der Waals surface area (Å²) in [7, 11) is 0. The monoisotopic (exact) mass is 216 g/mol. The molecule has 0 atom stereocenters. The van der Waals surface area contributed by atoms with Crippen LogP contribution in [-0.4, -0.2) is 14.5 Å². The zero-order valence-electron chi connectivity index (χ0n) is 9.14. The summed E-state index contributed by atoms with van der Waals surface area (Å²) in [5.74, 6) is -0.00696. The number of aryl methyl sites for hydroxylation is 2. The summed E-state index contributed by atoms with van der Waals surface area (Å²) in [6, 6.07) is 5.81. The highest BCUT2D eigenvalue weighted by atomic mass is 16.1. The van der Waals surface area contributed by atoms with E-state index in [0.717, 1.165) is 16.8 Å². The molecular formula is C11H12N4O. The van der Waals surface area contributed by atoms with Crippen LogP contribution in [-0.2, 0) is 0 Å². The average Bonchev–Trinajstić information content (AvgIpc) is 2.20. The van der Waals surface area contributed by atoms with Gasteiger partial charge in [-0.1, -0.05) is 18.2 Å². The van der Waals surface area contributed by atoms with Crippen molar-refractivity contribution in [1.29, 1.82) is 0 Å². The lowest BCUT2D eigenvalue weighted by Crippen LogP contribution is -2.24. The summed E-state index contributed by atoms with van der Waals surface area (Å²) in [6.07, 6.45) is 1.40. The van der Waals surface area contributed by atoms with Gasteiger partial charge in [-0.3, -0.25) is 4.57 Å². The highest BCUT2D eigenvalue weighted by molar-refractivity contribution is 5.46. The van der Waals surface area contributed by atoms with E-state index < -0.39 is 5.69 Å². The summed E-state index contributed by atoms with van der Waals surface area (Å²) in [6.45, 7) is 3.87. The van der Waals surface area contributed by atoms with Crippen LogP contribution in [0.25, 0.3) is 5.69 Å². The van der Waals surface area contributed by atoms with Crippen molar-refractivity contribution < 1.29 is 0 Å². The lowest BCUT2D eigenvalue weighted by molar-refractivity contribution is 0.856. The standard InChI is InChI=1S/C11H12N4O/c1-7-4-3-5-8(2)9(7)15-6-13-10(12)14-11(15)16/h3-6H,1-2H3,(H2,12,14,16). The van der Waals surface area contributed by atoms with Gasteiger partial charge in [-0.05, 0) is 25.0 Å². The van der Waals surface area contributed by atoms with Gasteiger partial charge in [0.15, 0.2) is 0 Å². The number of aromatic nitrogens is 3. The van der Waals surface area contributed by atoms with E-state index in [9.17, 15) is 4.79 Å². The molecule has 2 rings (SSSR count). The SMILES string of the molecule is Cc1cccc(C)c1-n1cnc(N)nc1=O. The van der Waals surface area contributed by atoms with Crippen LogP contribution in [0.3, 0.4) is 0 Å². The molecule has 0 saturated carbocycles. The maximum atomic E-state index is 11.7. The number of para-hydroxylation sites is 1. The van der Waals surface area contributed by atoms with Crippen LogP contribution in [0.2, 0.25) is 0 Å². The van der Waals surface area contributed by atoms with Gasteiger partial charge in [0.05, 0.1) is 5.69 Å². The molecule has 2 aromatic rings. The minimum absolute atomic E-state index is 0.00696. The van der Waals surface area contributed by atoms with Crippen molar-refractivity contribution in [3.05, 3.63) is 46.1 Å². The number of nitrogen functional groups attached to an aromatic ring is 1. The highest BCUT2D eigenvalue weighted by Gasteiger charge is 2.07. The molecule has 0 amide bonds. The van der Waals surface area contributed by atoms with E-state index in [0.29, 0.717) is 0 Å². The Labute approximate surface area is 92.6 Å². The summed E-state index contributed by atoms with van der Waals surface area (Å²) >= 11 is 0. The number of anilines is 1. The fourth-order valence-electron chi connectivity index (χ4n) is 1.69. The molecule has 1 aromatic carbocycles. The van der Waals surface area contributed by atoms with E-state index in [1.807, 2.05) is 32.0 Å². The minimum Gasteiger partial charge on any atom is -0.368 e. The number of hydrogen-bond acceptors (Lipinski definition) is 4. The fraction of sp³-hybridized carbons (Fsp3) is 0.182. The largest absolute Gasteiger partial charge is 0.368 e. The van der Waals surface area contributed by atoms with Gasteiger partial charge in [-0.25, -0.2) is 9.78 Å². The summed E-state index contributed by atoms with van der Waals surface area (Å²) in [4.78, 5) is 19.1. The van der Waals surface area contributed by atoms with Crippen molar-refractivity contribution in [3.63, 3.8) is 0 Å². The third-order valence-electron chi connectivity index (χ3n) is 2.40. The highest BCUT2D eigenvalue weighted by Crippen LogP contribution is 2.16. The van der Waals surface area contributed by atoms with E-state index in [4.69, 9.17) is 5.73 Å². The summed E-state index contributed by atoms with van der Waals surface area (Å²) < 4.78 is 1.40. The van der Waals surface area contributed by atoms with Crippen molar-refractivity contribution >= 4 is 5.95 Å². The molecule has 1 aromatic heterocycles. The number of hydrogen-bond donors (Lipinski definition) is 1. The van der Waals surface area contributed by atoms with Crippen LogP contribution in [0.1, 0.15) is 11.1 Å². The van der Waals surface area contributed by atoms with Gasteiger partial charge in [0.25, 0.3) is 0 Å². The van der Waals surface area contributed by atoms with Crippen LogP contribution in [0.15, 0.2) is 29.3 Å². The molecule has 16 heavy (non-hydrogen) atoms. The maximum absolute atomic E-state index is 11.7. The van der Waals surface area contributed by atoms with Crippen LogP contribution in [0.5, 0.6) is 0 Å². The minimum atomic E-state index is -0.412. The number of nitrogens with two attached hydrogens (primary N) is 1. The first-order chi connectivity index (χ1) is 7.59. The maximum Gasteiger partial charge on any atom is 0.356 e. The molecule has 1 heterocycles.